The smallest absolute Gasteiger partial charge is 0.0492 e. The van der Waals surface area contributed by atoms with Gasteiger partial charge in [0.1, 0.15) is 0 Å². The van der Waals surface area contributed by atoms with Crippen LogP contribution < -0.4 is 0 Å². The third-order valence-electron chi connectivity index (χ3n) is 2.00. The molecule has 0 N–H and O–H groups in total. The number of aryl methyl sites for hydroxylation is 2. The predicted molar refractivity (Wildman–Crippen MR) is 51.0 cm³/mol. The third-order valence-corrected chi connectivity index (χ3v) is 2.00. The van der Waals surface area contributed by atoms with E-state index < -0.39 is 0 Å². The molecule has 0 spiro atoms. The van der Waals surface area contributed by atoms with Crippen LogP contribution in [0.2, 0.25) is 0 Å². The highest BCUT2D eigenvalue weighted by Crippen LogP contribution is 2.19. The lowest BCUT2D eigenvalue weighted by Gasteiger charge is -2.18. The summed E-state index contributed by atoms with van der Waals surface area (Å²) in [6.45, 7) is 9.89. The van der Waals surface area contributed by atoms with Gasteiger partial charge in [-0.3, -0.25) is 4.68 Å². The molecule has 0 radical (unpaired) electrons. The number of nitrogens with zero attached hydrogens (tertiary/aromatic N) is 2. The van der Waals surface area contributed by atoms with Crippen molar-refractivity contribution >= 4 is 0 Å². The van der Waals surface area contributed by atoms with Crippen molar-refractivity contribution < 1.29 is 0 Å². The highest BCUT2D eigenvalue weighted by Gasteiger charge is 2.10. The first-order valence-corrected chi connectivity index (χ1v) is 4.47. The molecule has 1 heterocycles. The number of hydrogen-bond donors (Lipinski definition) is 0. The first-order valence-electron chi connectivity index (χ1n) is 4.47. The Morgan fingerprint density at radius 3 is 2.50 bits per heavy atom. The second-order valence-corrected chi connectivity index (χ2v) is 4.51. The van der Waals surface area contributed by atoms with Gasteiger partial charge in [-0.25, -0.2) is 0 Å². The van der Waals surface area contributed by atoms with Crippen molar-refractivity contribution in [3.63, 3.8) is 0 Å². The van der Waals surface area contributed by atoms with Gasteiger partial charge in [0.05, 0.1) is 0 Å². The van der Waals surface area contributed by atoms with E-state index in [1.165, 1.54) is 12.1 Å². The molecule has 2 nitrogen and oxygen atoms in total. The third kappa shape index (κ3) is 2.68. The summed E-state index contributed by atoms with van der Waals surface area (Å²) in [5.74, 6) is 0. The largest absolute Gasteiger partial charge is 0.270 e. The maximum absolute atomic E-state index is 4.24. The molecule has 12 heavy (non-hydrogen) atoms. The Morgan fingerprint density at radius 2 is 2.08 bits per heavy atom. The van der Waals surface area contributed by atoms with Crippen molar-refractivity contribution in [1.29, 1.82) is 0 Å². The van der Waals surface area contributed by atoms with Crippen LogP contribution in [0.1, 0.15) is 32.9 Å². The maximum Gasteiger partial charge on any atom is 0.0492 e. The normalized spacial score (nSPS) is 12.0. The second-order valence-electron chi connectivity index (χ2n) is 4.51. The fraction of sp³-hybridized carbons (Fsp3) is 0.700. The zero-order valence-corrected chi connectivity index (χ0v) is 8.46. The molecule has 0 fully saturated rings. The summed E-state index contributed by atoms with van der Waals surface area (Å²) in [6.07, 6.45) is 3.04. The van der Waals surface area contributed by atoms with Crippen molar-refractivity contribution in [1.82, 2.24) is 9.78 Å². The summed E-state index contributed by atoms with van der Waals surface area (Å²) in [5.41, 5.74) is 1.65. The topological polar surface area (TPSA) is 17.8 Å². The molecule has 1 aromatic rings. The lowest BCUT2D eigenvalue weighted by molar-refractivity contribution is 0.339. The molecule has 0 saturated carbocycles. The Morgan fingerprint density at radius 1 is 1.42 bits per heavy atom. The zero-order chi connectivity index (χ0) is 9.19. The van der Waals surface area contributed by atoms with E-state index in [0.29, 0.717) is 5.41 Å². The Balaban J connectivity index is 2.49. The molecule has 0 amide bonds. The lowest BCUT2D eigenvalue weighted by atomic mass is 9.92. The van der Waals surface area contributed by atoms with Gasteiger partial charge in [0.15, 0.2) is 0 Å². The Hall–Kier alpha value is -0.790. The summed E-state index contributed by atoms with van der Waals surface area (Å²) in [4.78, 5) is 0. The minimum atomic E-state index is 0.401. The van der Waals surface area contributed by atoms with Gasteiger partial charge in [-0.05, 0) is 24.8 Å². The van der Waals surface area contributed by atoms with Crippen molar-refractivity contribution in [2.75, 3.05) is 0 Å². The van der Waals surface area contributed by atoms with Gasteiger partial charge in [-0.1, -0.05) is 20.8 Å². The molecule has 0 unspecified atom stereocenters. The van der Waals surface area contributed by atoms with E-state index in [1.54, 1.807) is 0 Å². The van der Waals surface area contributed by atoms with Gasteiger partial charge in [0, 0.05) is 18.4 Å². The minimum Gasteiger partial charge on any atom is -0.270 e. The zero-order valence-electron chi connectivity index (χ0n) is 8.46. The van der Waals surface area contributed by atoms with Gasteiger partial charge in [-0.2, -0.15) is 5.10 Å². The van der Waals surface area contributed by atoms with E-state index in [0.717, 1.165) is 6.54 Å². The molecule has 2 heteroatoms. The number of hydrogen-bond acceptors (Lipinski definition) is 1. The van der Waals surface area contributed by atoms with E-state index >= 15 is 0 Å². The first-order chi connectivity index (χ1) is 5.49. The monoisotopic (exact) mass is 166 g/mol. The molecule has 1 rings (SSSR count). The highest BCUT2D eigenvalue weighted by molar-refractivity contribution is 4.96. The van der Waals surface area contributed by atoms with E-state index in [-0.39, 0.29) is 0 Å². The summed E-state index contributed by atoms with van der Waals surface area (Å²) in [7, 11) is 0. The molecule has 0 aliphatic carbocycles. The standard InChI is InChI=1S/C10H18N2/c1-9-5-7-11-12(9)8-6-10(2,3)4/h5,7H,6,8H2,1-4H3. The summed E-state index contributed by atoms with van der Waals surface area (Å²) in [6, 6.07) is 2.04. The fourth-order valence-electron chi connectivity index (χ4n) is 1.07. The molecular formula is C10H18N2. The molecule has 1 aromatic heterocycles. The average Bonchev–Trinajstić information content (AvgIpc) is 2.29. The first kappa shape index (κ1) is 9.30. The van der Waals surface area contributed by atoms with Crippen LogP contribution in [-0.2, 0) is 6.54 Å². The van der Waals surface area contributed by atoms with Crippen molar-refractivity contribution in [3.8, 4) is 0 Å². The van der Waals surface area contributed by atoms with Crippen molar-refractivity contribution in [3.05, 3.63) is 18.0 Å². The second kappa shape index (κ2) is 3.30. The molecule has 0 aliphatic rings. The molecule has 0 aliphatic heterocycles. The number of aromatic nitrogens is 2. The molecular weight excluding hydrogens is 148 g/mol. The Labute approximate surface area is 74.6 Å². The minimum absolute atomic E-state index is 0.401. The highest BCUT2D eigenvalue weighted by atomic mass is 15.3. The molecule has 0 bridgehead atoms. The van der Waals surface area contributed by atoms with Crippen LogP contribution in [-0.4, -0.2) is 9.78 Å². The van der Waals surface area contributed by atoms with E-state index in [2.05, 4.69) is 37.5 Å². The van der Waals surface area contributed by atoms with Crippen LogP contribution in [0.15, 0.2) is 12.3 Å². The molecule has 0 saturated heterocycles. The fourth-order valence-corrected chi connectivity index (χ4v) is 1.07. The lowest BCUT2D eigenvalue weighted by Crippen LogP contribution is -2.11. The van der Waals surface area contributed by atoms with Gasteiger partial charge >= 0.3 is 0 Å². The summed E-state index contributed by atoms with van der Waals surface area (Å²) in [5, 5.41) is 4.24. The van der Waals surface area contributed by atoms with Crippen LogP contribution in [0, 0.1) is 12.3 Å². The Bertz CT molecular complexity index is 243. The van der Waals surface area contributed by atoms with Gasteiger partial charge in [0.25, 0.3) is 0 Å². The van der Waals surface area contributed by atoms with Crippen LogP contribution in [0.25, 0.3) is 0 Å². The average molecular weight is 166 g/mol. The van der Waals surface area contributed by atoms with Crippen molar-refractivity contribution in [2.24, 2.45) is 5.41 Å². The van der Waals surface area contributed by atoms with Crippen LogP contribution in [0.4, 0.5) is 0 Å². The Kier molecular flexibility index (Phi) is 2.55. The molecule has 68 valence electrons. The maximum atomic E-state index is 4.24. The van der Waals surface area contributed by atoms with E-state index in [9.17, 15) is 0 Å². The van der Waals surface area contributed by atoms with Gasteiger partial charge in [0.2, 0.25) is 0 Å². The summed E-state index contributed by atoms with van der Waals surface area (Å²) >= 11 is 0. The SMILES string of the molecule is Cc1ccnn1CCC(C)(C)C. The van der Waals surface area contributed by atoms with Gasteiger partial charge < -0.3 is 0 Å². The van der Waals surface area contributed by atoms with Crippen LogP contribution >= 0.6 is 0 Å². The van der Waals surface area contributed by atoms with Crippen LogP contribution in [0.5, 0.6) is 0 Å². The van der Waals surface area contributed by atoms with E-state index in [4.69, 9.17) is 0 Å². The van der Waals surface area contributed by atoms with Gasteiger partial charge in [-0.15, -0.1) is 0 Å². The molecule has 0 aromatic carbocycles. The van der Waals surface area contributed by atoms with E-state index in [1.807, 2.05) is 12.3 Å². The quantitative estimate of drug-likeness (QED) is 0.660. The predicted octanol–water partition coefficient (Wildman–Crippen LogP) is 2.63. The summed E-state index contributed by atoms with van der Waals surface area (Å²) < 4.78 is 2.06. The molecule has 0 atom stereocenters. The van der Waals surface area contributed by atoms with Crippen LogP contribution in [0.3, 0.4) is 0 Å². The van der Waals surface area contributed by atoms with Crippen molar-refractivity contribution in [2.45, 2.75) is 40.7 Å². The number of rotatable bonds is 2.